The number of nitrogens with one attached hydrogen (secondary N) is 1. The summed E-state index contributed by atoms with van der Waals surface area (Å²) < 4.78 is 0. The first-order chi connectivity index (χ1) is 6.82. The Kier molecular flexibility index (Phi) is 6.52. The molecule has 90 valence electrons. The number of aliphatic carboxylic acids is 1. The summed E-state index contributed by atoms with van der Waals surface area (Å²) in [5.74, 6) is -0.220. The van der Waals surface area contributed by atoms with E-state index in [1.165, 1.54) is 0 Å². The Morgan fingerprint density at radius 1 is 1.27 bits per heavy atom. The molecule has 1 atom stereocenters. The van der Waals surface area contributed by atoms with Crippen molar-refractivity contribution in [3.63, 3.8) is 0 Å². The first-order valence-corrected chi connectivity index (χ1v) is 5.50. The minimum absolute atomic E-state index is 0.193. The summed E-state index contributed by atoms with van der Waals surface area (Å²) in [6.45, 7) is 9.64. The molecule has 0 rings (SSSR count). The number of nitrogens with zero attached hydrogens (tertiary/aromatic N) is 1. The third kappa shape index (κ3) is 7.33. The lowest BCUT2D eigenvalue weighted by Gasteiger charge is -2.24. The van der Waals surface area contributed by atoms with Gasteiger partial charge in [-0.15, -0.1) is 0 Å². The van der Waals surface area contributed by atoms with E-state index in [-0.39, 0.29) is 6.04 Å². The molecule has 0 aliphatic carbocycles. The molecule has 0 radical (unpaired) electrons. The fourth-order valence-electron chi connectivity index (χ4n) is 1.61. The van der Waals surface area contributed by atoms with Gasteiger partial charge in [-0.1, -0.05) is 27.7 Å². The lowest BCUT2D eigenvalue weighted by Crippen LogP contribution is -2.48. The van der Waals surface area contributed by atoms with Crippen molar-refractivity contribution in [2.45, 2.75) is 39.8 Å². The Hall–Kier alpha value is -0.610. The van der Waals surface area contributed by atoms with Crippen LogP contribution in [-0.2, 0) is 4.79 Å². The summed E-state index contributed by atoms with van der Waals surface area (Å²) in [4.78, 5) is 13.0. The van der Waals surface area contributed by atoms with Crippen molar-refractivity contribution in [2.75, 3.05) is 20.1 Å². The van der Waals surface area contributed by atoms with E-state index in [0.717, 1.165) is 6.54 Å². The maximum Gasteiger partial charge on any atom is 0.322 e. The fourth-order valence-corrected chi connectivity index (χ4v) is 1.61. The summed E-state index contributed by atoms with van der Waals surface area (Å²) in [7, 11) is 1.96. The smallest absolute Gasteiger partial charge is 0.322 e. The maximum atomic E-state index is 11.0. The van der Waals surface area contributed by atoms with Crippen LogP contribution in [0.25, 0.3) is 0 Å². The normalized spacial score (nSPS) is 13.9. The van der Waals surface area contributed by atoms with E-state index in [4.69, 9.17) is 5.11 Å². The maximum absolute atomic E-state index is 11.0. The topological polar surface area (TPSA) is 52.6 Å². The van der Waals surface area contributed by atoms with Crippen LogP contribution in [-0.4, -0.2) is 48.2 Å². The highest BCUT2D eigenvalue weighted by atomic mass is 16.4. The van der Waals surface area contributed by atoms with Crippen LogP contribution in [0.2, 0.25) is 0 Å². The largest absolute Gasteiger partial charge is 0.480 e. The molecule has 2 N–H and O–H groups in total. The number of carboxylic acid groups (broad SMARTS) is 1. The zero-order valence-electron chi connectivity index (χ0n) is 10.4. The van der Waals surface area contributed by atoms with E-state index in [1.807, 2.05) is 20.9 Å². The zero-order chi connectivity index (χ0) is 12.0. The van der Waals surface area contributed by atoms with Gasteiger partial charge in [-0.2, -0.15) is 0 Å². The number of carboxylic acids is 1. The molecule has 4 nitrogen and oxygen atoms in total. The fraction of sp³-hybridized carbons (Fsp3) is 0.909. The van der Waals surface area contributed by atoms with Gasteiger partial charge in [0.2, 0.25) is 0 Å². The van der Waals surface area contributed by atoms with E-state index in [0.29, 0.717) is 12.5 Å². The number of hydrogen-bond donors (Lipinski definition) is 2. The van der Waals surface area contributed by atoms with Crippen molar-refractivity contribution in [1.29, 1.82) is 0 Å². The second kappa shape index (κ2) is 6.80. The van der Waals surface area contributed by atoms with Crippen molar-refractivity contribution < 1.29 is 9.90 Å². The van der Waals surface area contributed by atoms with Gasteiger partial charge in [0.15, 0.2) is 0 Å². The molecule has 0 heterocycles. The molecule has 0 saturated carbocycles. The van der Waals surface area contributed by atoms with Crippen molar-refractivity contribution in [3.8, 4) is 0 Å². The van der Waals surface area contributed by atoms with E-state index in [2.05, 4.69) is 24.1 Å². The molecule has 0 aromatic carbocycles. The Labute approximate surface area is 92.7 Å². The molecule has 0 aromatic rings. The summed E-state index contributed by atoms with van der Waals surface area (Å²) in [5, 5.41) is 12.1. The zero-order valence-corrected chi connectivity index (χ0v) is 10.4. The number of carbonyl (C=O) groups is 1. The molecule has 0 aliphatic rings. The lowest BCUT2D eigenvalue weighted by molar-refractivity contribution is -0.140. The van der Waals surface area contributed by atoms with Gasteiger partial charge in [0.25, 0.3) is 0 Å². The molecule has 4 heteroatoms. The van der Waals surface area contributed by atoms with Crippen LogP contribution in [0.4, 0.5) is 0 Å². The minimum atomic E-state index is -0.778. The van der Waals surface area contributed by atoms with Crippen LogP contribution in [0.1, 0.15) is 27.7 Å². The highest BCUT2D eigenvalue weighted by Crippen LogP contribution is 1.98. The summed E-state index contributed by atoms with van der Waals surface area (Å²) in [6.07, 6.45) is 0. The van der Waals surface area contributed by atoms with Crippen molar-refractivity contribution in [2.24, 2.45) is 5.92 Å². The SMILES string of the molecule is CC(C)CN(C)CC(NC(C)C)C(=O)O. The lowest BCUT2D eigenvalue weighted by atomic mass is 10.2. The second-order valence-corrected chi connectivity index (χ2v) is 4.83. The quantitative estimate of drug-likeness (QED) is 0.667. The molecule has 15 heavy (non-hydrogen) atoms. The first kappa shape index (κ1) is 14.4. The van der Waals surface area contributed by atoms with E-state index < -0.39 is 12.0 Å². The van der Waals surface area contributed by atoms with Crippen LogP contribution in [0.3, 0.4) is 0 Å². The summed E-state index contributed by atoms with van der Waals surface area (Å²) >= 11 is 0. The van der Waals surface area contributed by atoms with Gasteiger partial charge in [0.1, 0.15) is 6.04 Å². The minimum Gasteiger partial charge on any atom is -0.480 e. The second-order valence-electron chi connectivity index (χ2n) is 4.83. The molecule has 0 amide bonds. The van der Waals surface area contributed by atoms with Crippen LogP contribution in [0.15, 0.2) is 0 Å². The van der Waals surface area contributed by atoms with Gasteiger partial charge in [0.05, 0.1) is 0 Å². The standard InChI is InChI=1S/C11H24N2O2/c1-8(2)6-13(5)7-10(11(14)15)12-9(3)4/h8-10,12H,6-7H2,1-5H3,(H,14,15). The van der Waals surface area contributed by atoms with Crippen molar-refractivity contribution in [3.05, 3.63) is 0 Å². The molecule has 0 bridgehead atoms. The average Bonchev–Trinajstić information content (AvgIpc) is 1.99. The first-order valence-electron chi connectivity index (χ1n) is 5.50. The third-order valence-electron chi connectivity index (χ3n) is 2.00. The third-order valence-corrected chi connectivity index (χ3v) is 2.00. The Morgan fingerprint density at radius 3 is 2.13 bits per heavy atom. The monoisotopic (exact) mass is 216 g/mol. The van der Waals surface area contributed by atoms with Crippen LogP contribution >= 0.6 is 0 Å². The molecule has 0 saturated heterocycles. The molecule has 1 unspecified atom stereocenters. The Balaban J connectivity index is 4.10. The average molecular weight is 216 g/mol. The van der Waals surface area contributed by atoms with Crippen molar-refractivity contribution in [1.82, 2.24) is 10.2 Å². The predicted molar refractivity (Wildman–Crippen MR) is 62.0 cm³/mol. The molecule has 0 aliphatic heterocycles. The van der Waals surface area contributed by atoms with Gasteiger partial charge < -0.3 is 15.3 Å². The van der Waals surface area contributed by atoms with Crippen LogP contribution in [0, 0.1) is 5.92 Å². The van der Waals surface area contributed by atoms with E-state index >= 15 is 0 Å². The van der Waals surface area contributed by atoms with Gasteiger partial charge in [-0.25, -0.2) is 0 Å². The van der Waals surface area contributed by atoms with Gasteiger partial charge >= 0.3 is 5.97 Å². The number of hydrogen-bond acceptors (Lipinski definition) is 3. The van der Waals surface area contributed by atoms with Gasteiger partial charge in [-0.05, 0) is 13.0 Å². The number of likely N-dealkylation sites (N-methyl/N-ethyl adjacent to an activating group) is 1. The summed E-state index contributed by atoms with van der Waals surface area (Å²) in [6, 6.07) is -0.285. The molecular weight excluding hydrogens is 192 g/mol. The van der Waals surface area contributed by atoms with Crippen LogP contribution < -0.4 is 5.32 Å². The molecular formula is C11H24N2O2. The Morgan fingerprint density at radius 2 is 1.80 bits per heavy atom. The van der Waals surface area contributed by atoms with Gasteiger partial charge in [0, 0.05) is 19.1 Å². The highest BCUT2D eigenvalue weighted by Gasteiger charge is 2.19. The van der Waals surface area contributed by atoms with Gasteiger partial charge in [-0.3, -0.25) is 4.79 Å². The molecule has 0 aromatic heterocycles. The predicted octanol–water partition coefficient (Wildman–Crippen LogP) is 1.03. The van der Waals surface area contributed by atoms with E-state index in [1.54, 1.807) is 0 Å². The van der Waals surface area contributed by atoms with Crippen molar-refractivity contribution >= 4 is 5.97 Å². The number of rotatable bonds is 7. The molecule has 0 spiro atoms. The molecule has 0 fully saturated rings. The van der Waals surface area contributed by atoms with E-state index in [9.17, 15) is 4.79 Å². The van der Waals surface area contributed by atoms with Crippen LogP contribution in [0.5, 0.6) is 0 Å². The Bertz CT molecular complexity index is 193. The highest BCUT2D eigenvalue weighted by molar-refractivity contribution is 5.73. The summed E-state index contributed by atoms with van der Waals surface area (Å²) in [5.41, 5.74) is 0.